The summed E-state index contributed by atoms with van der Waals surface area (Å²) in [5.74, 6) is 1.75. The van der Waals surface area contributed by atoms with Gasteiger partial charge in [-0.1, -0.05) is 38.3 Å². The SMILES string of the molecule is CCC(C)C(C)CCC(C)=C(C)C. The minimum Gasteiger partial charge on any atom is -0.0775 e. The lowest BCUT2D eigenvalue weighted by Crippen LogP contribution is -2.06. The molecule has 0 N–H and O–H groups in total. The molecule has 0 radical (unpaired) electrons. The molecule has 13 heavy (non-hydrogen) atoms. The molecule has 0 saturated heterocycles. The van der Waals surface area contributed by atoms with Crippen molar-refractivity contribution in [3.8, 4) is 0 Å². The van der Waals surface area contributed by atoms with E-state index in [0.717, 1.165) is 11.8 Å². The molecule has 0 bridgehead atoms. The van der Waals surface area contributed by atoms with Crippen molar-refractivity contribution in [2.75, 3.05) is 0 Å². The van der Waals surface area contributed by atoms with Gasteiger partial charge in [0.05, 0.1) is 0 Å². The predicted molar refractivity (Wildman–Crippen MR) is 61.9 cm³/mol. The quantitative estimate of drug-likeness (QED) is 0.535. The number of rotatable bonds is 5. The third-order valence-electron chi connectivity index (χ3n) is 3.44. The van der Waals surface area contributed by atoms with Gasteiger partial charge in [0.1, 0.15) is 0 Å². The van der Waals surface area contributed by atoms with Gasteiger partial charge in [0.2, 0.25) is 0 Å². The largest absolute Gasteiger partial charge is 0.0775 e. The van der Waals surface area contributed by atoms with Crippen LogP contribution in [0.15, 0.2) is 11.1 Å². The van der Waals surface area contributed by atoms with Gasteiger partial charge in [-0.2, -0.15) is 0 Å². The van der Waals surface area contributed by atoms with Crippen LogP contribution in [0.1, 0.15) is 60.8 Å². The van der Waals surface area contributed by atoms with Crippen molar-refractivity contribution in [1.82, 2.24) is 0 Å². The molecular formula is C13H26. The lowest BCUT2D eigenvalue weighted by molar-refractivity contribution is 0.355. The van der Waals surface area contributed by atoms with Gasteiger partial charge >= 0.3 is 0 Å². The maximum atomic E-state index is 2.38. The third kappa shape index (κ3) is 5.13. The summed E-state index contributed by atoms with van der Waals surface area (Å²) >= 11 is 0. The van der Waals surface area contributed by atoms with E-state index in [1.807, 2.05) is 0 Å². The van der Waals surface area contributed by atoms with Crippen LogP contribution in [0.5, 0.6) is 0 Å². The van der Waals surface area contributed by atoms with Gasteiger partial charge in [0.15, 0.2) is 0 Å². The fraction of sp³-hybridized carbons (Fsp3) is 0.846. The Morgan fingerprint density at radius 3 is 1.92 bits per heavy atom. The van der Waals surface area contributed by atoms with E-state index < -0.39 is 0 Å². The molecule has 2 atom stereocenters. The normalized spacial score (nSPS) is 15.2. The van der Waals surface area contributed by atoms with Gasteiger partial charge in [-0.25, -0.2) is 0 Å². The second-order valence-electron chi connectivity index (χ2n) is 4.68. The summed E-state index contributed by atoms with van der Waals surface area (Å²) in [5.41, 5.74) is 3.08. The van der Waals surface area contributed by atoms with E-state index >= 15 is 0 Å². The maximum absolute atomic E-state index is 2.38. The van der Waals surface area contributed by atoms with E-state index in [9.17, 15) is 0 Å². The van der Waals surface area contributed by atoms with Gasteiger partial charge < -0.3 is 0 Å². The third-order valence-corrected chi connectivity index (χ3v) is 3.44. The molecule has 0 heteroatoms. The Kier molecular flexibility index (Phi) is 6.11. The van der Waals surface area contributed by atoms with Crippen molar-refractivity contribution in [2.45, 2.75) is 60.8 Å². The molecule has 0 heterocycles. The molecule has 0 aromatic rings. The van der Waals surface area contributed by atoms with E-state index in [1.54, 1.807) is 5.57 Å². The van der Waals surface area contributed by atoms with E-state index in [0.29, 0.717) is 0 Å². The van der Waals surface area contributed by atoms with Crippen molar-refractivity contribution in [1.29, 1.82) is 0 Å². The number of hydrogen-bond acceptors (Lipinski definition) is 0. The summed E-state index contributed by atoms with van der Waals surface area (Å²) in [4.78, 5) is 0. The summed E-state index contributed by atoms with van der Waals surface area (Å²) in [6.07, 6.45) is 3.95. The summed E-state index contributed by atoms with van der Waals surface area (Å²) in [6.45, 7) is 13.7. The molecule has 0 nitrogen and oxygen atoms in total. The second-order valence-corrected chi connectivity index (χ2v) is 4.68. The fourth-order valence-corrected chi connectivity index (χ4v) is 1.38. The first kappa shape index (κ1) is 12.7. The lowest BCUT2D eigenvalue weighted by Gasteiger charge is -2.18. The van der Waals surface area contributed by atoms with Crippen LogP contribution in [0.2, 0.25) is 0 Å². The van der Waals surface area contributed by atoms with Gasteiger partial charge in [-0.3, -0.25) is 0 Å². The molecule has 0 aromatic heterocycles. The first-order chi connectivity index (χ1) is 5.99. The Bertz CT molecular complexity index is 161. The van der Waals surface area contributed by atoms with E-state index in [1.165, 1.54) is 24.8 Å². The van der Waals surface area contributed by atoms with Crippen molar-refractivity contribution < 1.29 is 0 Å². The van der Waals surface area contributed by atoms with E-state index in [2.05, 4.69) is 41.5 Å². The van der Waals surface area contributed by atoms with Gasteiger partial charge in [0.25, 0.3) is 0 Å². The molecular weight excluding hydrogens is 156 g/mol. The molecule has 0 saturated carbocycles. The van der Waals surface area contributed by atoms with Crippen LogP contribution in [-0.2, 0) is 0 Å². The molecule has 0 rings (SSSR count). The minimum absolute atomic E-state index is 0.874. The van der Waals surface area contributed by atoms with Crippen LogP contribution in [0, 0.1) is 11.8 Å². The Morgan fingerprint density at radius 1 is 1.00 bits per heavy atom. The second kappa shape index (κ2) is 6.23. The zero-order valence-corrected chi connectivity index (χ0v) is 10.3. The predicted octanol–water partition coefficient (Wildman–Crippen LogP) is 4.81. The van der Waals surface area contributed by atoms with Crippen LogP contribution < -0.4 is 0 Å². The molecule has 2 unspecified atom stereocenters. The summed E-state index contributed by atoms with van der Waals surface area (Å²) in [6, 6.07) is 0. The average molecular weight is 182 g/mol. The van der Waals surface area contributed by atoms with Crippen LogP contribution in [0.25, 0.3) is 0 Å². The Morgan fingerprint density at radius 2 is 1.54 bits per heavy atom. The summed E-state index contributed by atoms with van der Waals surface area (Å²) in [7, 11) is 0. The first-order valence-electron chi connectivity index (χ1n) is 5.62. The van der Waals surface area contributed by atoms with E-state index in [-0.39, 0.29) is 0 Å². The minimum atomic E-state index is 0.874. The van der Waals surface area contributed by atoms with Crippen LogP contribution in [0.4, 0.5) is 0 Å². The molecule has 0 spiro atoms. The fourth-order valence-electron chi connectivity index (χ4n) is 1.38. The molecule has 0 aliphatic heterocycles. The zero-order valence-electron chi connectivity index (χ0n) is 10.3. The van der Waals surface area contributed by atoms with Crippen molar-refractivity contribution in [3.63, 3.8) is 0 Å². The average Bonchev–Trinajstić information content (AvgIpc) is 2.11. The van der Waals surface area contributed by atoms with E-state index in [4.69, 9.17) is 0 Å². The lowest BCUT2D eigenvalue weighted by atomic mass is 9.88. The van der Waals surface area contributed by atoms with Crippen molar-refractivity contribution in [2.24, 2.45) is 11.8 Å². The first-order valence-corrected chi connectivity index (χ1v) is 5.62. The molecule has 0 aliphatic rings. The van der Waals surface area contributed by atoms with Gasteiger partial charge in [-0.05, 0) is 45.4 Å². The molecule has 0 amide bonds. The highest BCUT2D eigenvalue weighted by Crippen LogP contribution is 2.22. The highest BCUT2D eigenvalue weighted by atomic mass is 14.2. The molecule has 0 aliphatic carbocycles. The van der Waals surface area contributed by atoms with Crippen LogP contribution in [0.3, 0.4) is 0 Å². The Hall–Kier alpha value is -0.260. The Labute approximate surface area is 84.4 Å². The monoisotopic (exact) mass is 182 g/mol. The molecule has 78 valence electrons. The van der Waals surface area contributed by atoms with Crippen molar-refractivity contribution >= 4 is 0 Å². The number of allylic oxidation sites excluding steroid dienone is 2. The topological polar surface area (TPSA) is 0 Å². The van der Waals surface area contributed by atoms with Crippen LogP contribution in [-0.4, -0.2) is 0 Å². The zero-order chi connectivity index (χ0) is 10.4. The highest BCUT2D eigenvalue weighted by Gasteiger charge is 2.09. The summed E-state index contributed by atoms with van der Waals surface area (Å²) in [5, 5.41) is 0. The standard InChI is InChI=1S/C13H26/c1-7-11(4)13(6)9-8-12(5)10(2)3/h11,13H,7-9H2,1-6H3. The van der Waals surface area contributed by atoms with Crippen LogP contribution >= 0.6 is 0 Å². The smallest absolute Gasteiger partial charge is 0.0318 e. The molecule has 0 fully saturated rings. The van der Waals surface area contributed by atoms with Gasteiger partial charge in [0, 0.05) is 0 Å². The Balaban J connectivity index is 3.83. The maximum Gasteiger partial charge on any atom is -0.0318 e. The van der Waals surface area contributed by atoms with Crippen molar-refractivity contribution in [3.05, 3.63) is 11.1 Å². The number of hydrogen-bond donors (Lipinski definition) is 0. The highest BCUT2D eigenvalue weighted by molar-refractivity contribution is 5.06. The summed E-state index contributed by atoms with van der Waals surface area (Å²) < 4.78 is 0. The van der Waals surface area contributed by atoms with Gasteiger partial charge in [-0.15, -0.1) is 0 Å². The molecule has 0 aromatic carbocycles.